The van der Waals surface area contributed by atoms with E-state index >= 15 is 0 Å². The van der Waals surface area contributed by atoms with Crippen molar-refractivity contribution >= 4 is 0 Å². The number of hydrogen-bond acceptors (Lipinski definition) is 2. The SMILES string of the molecule is CCc1ccc(CN(C)C(c2ccccc2)C(C)N)cc1. The monoisotopic (exact) mass is 282 g/mol. The van der Waals surface area contributed by atoms with Crippen LogP contribution in [0.2, 0.25) is 0 Å². The van der Waals surface area contributed by atoms with Gasteiger partial charge in [-0.3, -0.25) is 4.90 Å². The highest BCUT2D eigenvalue weighted by molar-refractivity contribution is 5.24. The molecule has 2 unspecified atom stereocenters. The second kappa shape index (κ2) is 7.39. The van der Waals surface area contributed by atoms with Gasteiger partial charge in [0.1, 0.15) is 0 Å². The lowest BCUT2D eigenvalue weighted by molar-refractivity contribution is 0.211. The van der Waals surface area contributed by atoms with E-state index < -0.39 is 0 Å². The van der Waals surface area contributed by atoms with Gasteiger partial charge in [-0.1, -0.05) is 61.5 Å². The third-order valence-corrected chi connectivity index (χ3v) is 3.98. The second-order valence-corrected chi connectivity index (χ2v) is 5.80. The standard InChI is InChI=1S/C19H26N2/c1-4-16-10-12-17(13-11-16)14-21(3)19(15(2)20)18-8-6-5-7-9-18/h5-13,15,19H,4,14,20H2,1-3H3. The summed E-state index contributed by atoms with van der Waals surface area (Å²) in [5.41, 5.74) is 10.2. The molecule has 112 valence electrons. The second-order valence-electron chi connectivity index (χ2n) is 5.80. The van der Waals surface area contributed by atoms with Gasteiger partial charge in [0.2, 0.25) is 0 Å². The van der Waals surface area contributed by atoms with E-state index in [0.717, 1.165) is 13.0 Å². The van der Waals surface area contributed by atoms with Gasteiger partial charge in [0.15, 0.2) is 0 Å². The summed E-state index contributed by atoms with van der Waals surface area (Å²) in [6.45, 7) is 5.17. The minimum absolute atomic E-state index is 0.0901. The van der Waals surface area contributed by atoms with E-state index in [1.165, 1.54) is 16.7 Å². The molecule has 0 amide bonds. The quantitative estimate of drug-likeness (QED) is 0.874. The van der Waals surface area contributed by atoms with Crippen LogP contribution in [0.1, 0.15) is 36.6 Å². The fourth-order valence-corrected chi connectivity index (χ4v) is 2.88. The molecule has 2 aromatic rings. The summed E-state index contributed by atoms with van der Waals surface area (Å²) >= 11 is 0. The summed E-state index contributed by atoms with van der Waals surface area (Å²) in [6, 6.07) is 19.7. The maximum atomic E-state index is 6.23. The molecule has 2 nitrogen and oxygen atoms in total. The van der Waals surface area contributed by atoms with Crippen LogP contribution >= 0.6 is 0 Å². The highest BCUT2D eigenvalue weighted by Crippen LogP contribution is 2.23. The van der Waals surface area contributed by atoms with Gasteiger partial charge in [-0.05, 0) is 37.1 Å². The molecule has 2 rings (SSSR count). The maximum absolute atomic E-state index is 6.23. The summed E-state index contributed by atoms with van der Waals surface area (Å²) in [7, 11) is 2.15. The molecule has 0 spiro atoms. The van der Waals surface area contributed by atoms with Gasteiger partial charge in [-0.25, -0.2) is 0 Å². The van der Waals surface area contributed by atoms with Gasteiger partial charge < -0.3 is 5.73 Å². The first-order valence-corrected chi connectivity index (χ1v) is 7.70. The Morgan fingerprint density at radius 3 is 2.05 bits per heavy atom. The van der Waals surface area contributed by atoms with Crippen molar-refractivity contribution < 1.29 is 0 Å². The Hall–Kier alpha value is -1.64. The smallest absolute Gasteiger partial charge is 0.0496 e. The first-order valence-electron chi connectivity index (χ1n) is 7.70. The molecule has 0 aliphatic rings. The van der Waals surface area contributed by atoms with E-state index in [-0.39, 0.29) is 12.1 Å². The molecule has 2 atom stereocenters. The fourth-order valence-electron chi connectivity index (χ4n) is 2.88. The Morgan fingerprint density at radius 2 is 1.52 bits per heavy atom. The molecule has 0 aromatic heterocycles. The van der Waals surface area contributed by atoms with Crippen LogP contribution in [0.3, 0.4) is 0 Å². The van der Waals surface area contributed by atoms with E-state index in [9.17, 15) is 0 Å². The molecule has 0 radical (unpaired) electrons. The van der Waals surface area contributed by atoms with Crippen LogP contribution < -0.4 is 5.73 Å². The molecule has 2 N–H and O–H groups in total. The zero-order chi connectivity index (χ0) is 15.2. The Balaban J connectivity index is 2.13. The van der Waals surface area contributed by atoms with Crippen LogP contribution in [-0.4, -0.2) is 18.0 Å². The zero-order valence-corrected chi connectivity index (χ0v) is 13.3. The molecule has 21 heavy (non-hydrogen) atoms. The molecule has 2 heteroatoms. The minimum atomic E-state index is 0.0901. The lowest BCUT2D eigenvalue weighted by Gasteiger charge is -2.31. The average molecular weight is 282 g/mol. The summed E-state index contributed by atoms with van der Waals surface area (Å²) in [6.07, 6.45) is 1.09. The number of nitrogens with two attached hydrogens (primary N) is 1. The summed E-state index contributed by atoms with van der Waals surface area (Å²) in [5.74, 6) is 0. The first-order chi connectivity index (χ1) is 10.1. The van der Waals surface area contributed by atoms with Crippen molar-refractivity contribution in [1.82, 2.24) is 4.90 Å². The molecule has 0 heterocycles. The first kappa shape index (κ1) is 15.7. The van der Waals surface area contributed by atoms with Gasteiger partial charge in [-0.2, -0.15) is 0 Å². The molecular weight excluding hydrogens is 256 g/mol. The van der Waals surface area contributed by atoms with Gasteiger partial charge in [0.25, 0.3) is 0 Å². The number of benzene rings is 2. The zero-order valence-electron chi connectivity index (χ0n) is 13.3. The summed E-state index contributed by atoms with van der Waals surface area (Å²) in [4.78, 5) is 2.33. The largest absolute Gasteiger partial charge is 0.326 e. The van der Waals surface area contributed by atoms with Crippen molar-refractivity contribution in [3.63, 3.8) is 0 Å². The van der Waals surface area contributed by atoms with E-state index in [4.69, 9.17) is 5.73 Å². The average Bonchev–Trinajstić information content (AvgIpc) is 2.49. The third kappa shape index (κ3) is 4.16. The van der Waals surface area contributed by atoms with Gasteiger partial charge >= 0.3 is 0 Å². The Bertz CT molecular complexity index is 531. The summed E-state index contributed by atoms with van der Waals surface area (Å²) in [5, 5.41) is 0. The van der Waals surface area contributed by atoms with Crippen molar-refractivity contribution in [3.05, 3.63) is 71.3 Å². The molecule has 0 aliphatic carbocycles. The van der Waals surface area contributed by atoms with E-state index in [1.807, 2.05) is 6.07 Å². The predicted octanol–water partition coefficient (Wildman–Crippen LogP) is 3.77. The summed E-state index contributed by atoms with van der Waals surface area (Å²) < 4.78 is 0. The molecular formula is C19H26N2. The fraction of sp³-hybridized carbons (Fsp3) is 0.368. The Morgan fingerprint density at radius 1 is 0.952 bits per heavy atom. The topological polar surface area (TPSA) is 29.3 Å². The third-order valence-electron chi connectivity index (χ3n) is 3.98. The molecule has 0 saturated heterocycles. The van der Waals surface area contributed by atoms with Crippen LogP contribution in [0.25, 0.3) is 0 Å². The van der Waals surface area contributed by atoms with E-state index in [0.29, 0.717) is 0 Å². The molecule has 0 bridgehead atoms. The van der Waals surface area contributed by atoms with Crippen molar-refractivity contribution in [2.24, 2.45) is 5.73 Å². The number of aryl methyl sites for hydroxylation is 1. The van der Waals surface area contributed by atoms with Crippen LogP contribution in [-0.2, 0) is 13.0 Å². The number of likely N-dealkylation sites (N-methyl/N-ethyl adjacent to an activating group) is 1. The van der Waals surface area contributed by atoms with E-state index in [1.54, 1.807) is 0 Å². The van der Waals surface area contributed by atoms with Crippen molar-refractivity contribution in [1.29, 1.82) is 0 Å². The predicted molar refractivity (Wildman–Crippen MR) is 90.1 cm³/mol. The number of nitrogens with zero attached hydrogens (tertiary/aromatic N) is 1. The van der Waals surface area contributed by atoms with Crippen molar-refractivity contribution in [3.8, 4) is 0 Å². The maximum Gasteiger partial charge on any atom is 0.0496 e. The molecule has 2 aromatic carbocycles. The van der Waals surface area contributed by atoms with Crippen molar-refractivity contribution in [2.45, 2.75) is 38.9 Å². The minimum Gasteiger partial charge on any atom is -0.326 e. The van der Waals surface area contributed by atoms with Crippen LogP contribution in [0.5, 0.6) is 0 Å². The lowest BCUT2D eigenvalue weighted by Crippen LogP contribution is -2.36. The highest BCUT2D eigenvalue weighted by Gasteiger charge is 2.20. The van der Waals surface area contributed by atoms with Crippen molar-refractivity contribution in [2.75, 3.05) is 7.05 Å². The molecule has 0 saturated carbocycles. The number of rotatable bonds is 6. The Labute approximate surface area is 128 Å². The van der Waals surface area contributed by atoms with Crippen LogP contribution in [0.15, 0.2) is 54.6 Å². The van der Waals surface area contributed by atoms with Gasteiger partial charge in [-0.15, -0.1) is 0 Å². The molecule has 0 aliphatic heterocycles. The number of hydrogen-bond donors (Lipinski definition) is 1. The van der Waals surface area contributed by atoms with Crippen LogP contribution in [0, 0.1) is 0 Å². The Kier molecular flexibility index (Phi) is 5.54. The lowest BCUT2D eigenvalue weighted by atomic mass is 9.99. The van der Waals surface area contributed by atoms with Gasteiger partial charge in [0.05, 0.1) is 0 Å². The van der Waals surface area contributed by atoms with E-state index in [2.05, 4.69) is 74.3 Å². The van der Waals surface area contributed by atoms with Crippen LogP contribution in [0.4, 0.5) is 0 Å². The molecule has 0 fully saturated rings. The normalized spacial score (nSPS) is 14.1. The highest BCUT2D eigenvalue weighted by atomic mass is 15.1. The van der Waals surface area contributed by atoms with Gasteiger partial charge in [0, 0.05) is 18.6 Å².